The van der Waals surface area contributed by atoms with Gasteiger partial charge in [0.2, 0.25) is 0 Å². The molecule has 0 amide bonds. The van der Waals surface area contributed by atoms with Crippen molar-refractivity contribution in [1.82, 2.24) is 10.3 Å². The van der Waals surface area contributed by atoms with Crippen LogP contribution in [0.15, 0.2) is 5.38 Å². The maximum absolute atomic E-state index is 5.11. The Morgan fingerprint density at radius 3 is 2.76 bits per heavy atom. The molecule has 0 saturated heterocycles. The zero-order chi connectivity index (χ0) is 12.3. The van der Waals surface area contributed by atoms with Gasteiger partial charge in [0, 0.05) is 19.0 Å². The van der Waals surface area contributed by atoms with Crippen LogP contribution in [0.4, 0.5) is 0 Å². The molecule has 0 aromatic carbocycles. The van der Waals surface area contributed by atoms with E-state index in [1.807, 2.05) is 0 Å². The first-order valence-electron chi connectivity index (χ1n) is 6.38. The Morgan fingerprint density at radius 2 is 2.29 bits per heavy atom. The number of aromatic nitrogens is 1. The van der Waals surface area contributed by atoms with Crippen LogP contribution in [0.3, 0.4) is 0 Å². The minimum atomic E-state index is 0.149. The van der Waals surface area contributed by atoms with Crippen LogP contribution in [-0.2, 0) is 10.3 Å². The van der Waals surface area contributed by atoms with Crippen molar-refractivity contribution >= 4 is 11.3 Å². The average Bonchev–Trinajstić information content (AvgIpc) is 2.71. The third-order valence-electron chi connectivity index (χ3n) is 3.50. The second kappa shape index (κ2) is 5.46. The quantitative estimate of drug-likeness (QED) is 0.793. The smallest absolute Gasteiger partial charge is 0.113 e. The highest BCUT2D eigenvalue weighted by atomic mass is 32.1. The predicted octanol–water partition coefficient (Wildman–Crippen LogP) is 2.88. The summed E-state index contributed by atoms with van der Waals surface area (Å²) in [5, 5.41) is 7.10. The minimum absolute atomic E-state index is 0.149. The summed E-state index contributed by atoms with van der Waals surface area (Å²) in [6.07, 6.45) is 3.72. The summed E-state index contributed by atoms with van der Waals surface area (Å²) in [6.45, 7) is 6.08. The molecule has 1 N–H and O–H groups in total. The number of hydrogen-bond donors (Lipinski definition) is 1. The molecular weight excluding hydrogens is 232 g/mol. The van der Waals surface area contributed by atoms with Crippen molar-refractivity contribution in [2.24, 2.45) is 0 Å². The van der Waals surface area contributed by atoms with E-state index in [-0.39, 0.29) is 5.54 Å². The number of ether oxygens (including phenoxy) is 1. The molecule has 17 heavy (non-hydrogen) atoms. The molecular formula is C13H22N2OS. The summed E-state index contributed by atoms with van der Waals surface area (Å²) in [4.78, 5) is 4.80. The SMILES string of the molecule is COCCNC1(c2nc(C(C)C)cs2)CCC1. The average molecular weight is 254 g/mol. The second-order valence-corrected chi connectivity index (χ2v) is 5.95. The molecule has 1 aliphatic carbocycles. The third-order valence-corrected chi connectivity index (χ3v) is 4.56. The van der Waals surface area contributed by atoms with Gasteiger partial charge in [-0.05, 0) is 25.2 Å². The summed E-state index contributed by atoms with van der Waals surface area (Å²) in [7, 11) is 1.75. The van der Waals surface area contributed by atoms with Crippen LogP contribution in [0, 0.1) is 0 Å². The van der Waals surface area contributed by atoms with E-state index in [4.69, 9.17) is 9.72 Å². The number of methoxy groups -OCH3 is 1. The summed E-state index contributed by atoms with van der Waals surface area (Å²) in [5.74, 6) is 0.524. The van der Waals surface area contributed by atoms with Crippen LogP contribution in [-0.4, -0.2) is 25.2 Å². The van der Waals surface area contributed by atoms with E-state index < -0.39 is 0 Å². The van der Waals surface area contributed by atoms with Crippen molar-refractivity contribution < 1.29 is 4.74 Å². The van der Waals surface area contributed by atoms with Gasteiger partial charge >= 0.3 is 0 Å². The monoisotopic (exact) mass is 254 g/mol. The Labute approximate surface area is 108 Å². The Bertz CT molecular complexity index is 358. The van der Waals surface area contributed by atoms with E-state index in [9.17, 15) is 0 Å². The van der Waals surface area contributed by atoms with Crippen molar-refractivity contribution in [2.75, 3.05) is 20.3 Å². The number of thiazole rings is 1. The van der Waals surface area contributed by atoms with Crippen LogP contribution < -0.4 is 5.32 Å². The highest BCUT2D eigenvalue weighted by Gasteiger charge is 2.40. The number of rotatable bonds is 6. The van der Waals surface area contributed by atoms with Crippen LogP contribution in [0.25, 0.3) is 0 Å². The predicted molar refractivity (Wildman–Crippen MR) is 71.6 cm³/mol. The Hall–Kier alpha value is -0.450. The van der Waals surface area contributed by atoms with Gasteiger partial charge in [-0.15, -0.1) is 11.3 Å². The van der Waals surface area contributed by atoms with Crippen molar-refractivity contribution in [1.29, 1.82) is 0 Å². The highest BCUT2D eigenvalue weighted by molar-refractivity contribution is 7.09. The molecule has 1 aromatic rings. The van der Waals surface area contributed by atoms with Crippen LogP contribution >= 0.6 is 11.3 Å². The molecule has 1 saturated carbocycles. The van der Waals surface area contributed by atoms with Gasteiger partial charge in [-0.2, -0.15) is 0 Å². The number of hydrogen-bond acceptors (Lipinski definition) is 4. The molecule has 1 aliphatic rings. The van der Waals surface area contributed by atoms with Crippen molar-refractivity contribution in [2.45, 2.75) is 44.6 Å². The van der Waals surface area contributed by atoms with Gasteiger partial charge in [0.1, 0.15) is 5.01 Å². The molecule has 0 bridgehead atoms. The first kappa shape index (κ1) is 13.0. The van der Waals surface area contributed by atoms with Gasteiger partial charge < -0.3 is 10.1 Å². The van der Waals surface area contributed by atoms with Crippen molar-refractivity contribution in [3.8, 4) is 0 Å². The molecule has 1 fully saturated rings. The molecule has 0 spiro atoms. The lowest BCUT2D eigenvalue weighted by Crippen LogP contribution is -2.49. The fraction of sp³-hybridized carbons (Fsp3) is 0.769. The molecule has 0 unspecified atom stereocenters. The molecule has 1 heterocycles. The van der Waals surface area contributed by atoms with Crippen LogP contribution in [0.5, 0.6) is 0 Å². The highest BCUT2D eigenvalue weighted by Crippen LogP contribution is 2.42. The van der Waals surface area contributed by atoms with E-state index in [0.717, 1.165) is 13.2 Å². The molecule has 0 radical (unpaired) electrons. The molecule has 1 aromatic heterocycles. The summed E-state index contributed by atoms with van der Waals surface area (Å²) < 4.78 is 5.11. The van der Waals surface area contributed by atoms with Crippen molar-refractivity contribution in [3.05, 3.63) is 16.1 Å². The zero-order valence-electron chi connectivity index (χ0n) is 11.0. The maximum atomic E-state index is 5.11. The molecule has 0 aliphatic heterocycles. The topological polar surface area (TPSA) is 34.1 Å². The Kier molecular flexibility index (Phi) is 4.17. The fourth-order valence-electron chi connectivity index (χ4n) is 2.16. The lowest BCUT2D eigenvalue weighted by Gasteiger charge is -2.41. The molecule has 4 heteroatoms. The summed E-state index contributed by atoms with van der Waals surface area (Å²) in [6, 6.07) is 0. The summed E-state index contributed by atoms with van der Waals surface area (Å²) >= 11 is 1.80. The Balaban J connectivity index is 2.05. The lowest BCUT2D eigenvalue weighted by molar-refractivity contribution is 0.145. The van der Waals surface area contributed by atoms with E-state index in [0.29, 0.717) is 5.92 Å². The number of nitrogens with one attached hydrogen (secondary N) is 1. The molecule has 3 nitrogen and oxygen atoms in total. The normalized spacial score (nSPS) is 18.4. The molecule has 96 valence electrons. The molecule has 2 rings (SSSR count). The fourth-order valence-corrected chi connectivity index (χ4v) is 3.38. The zero-order valence-corrected chi connectivity index (χ0v) is 11.8. The van der Waals surface area contributed by atoms with Gasteiger partial charge in [0.25, 0.3) is 0 Å². The lowest BCUT2D eigenvalue weighted by atomic mass is 9.77. The number of nitrogens with zero attached hydrogens (tertiary/aromatic N) is 1. The maximum Gasteiger partial charge on any atom is 0.113 e. The third kappa shape index (κ3) is 2.69. The van der Waals surface area contributed by atoms with E-state index in [2.05, 4.69) is 24.5 Å². The van der Waals surface area contributed by atoms with Gasteiger partial charge in [0.05, 0.1) is 17.8 Å². The van der Waals surface area contributed by atoms with Gasteiger partial charge in [-0.1, -0.05) is 13.8 Å². The van der Waals surface area contributed by atoms with Crippen LogP contribution in [0.1, 0.15) is 49.7 Å². The van der Waals surface area contributed by atoms with E-state index in [1.165, 1.54) is 30.0 Å². The first-order chi connectivity index (χ1) is 8.18. The standard InChI is InChI=1S/C13H22N2OS/c1-10(2)11-9-17-12(15-11)13(5-4-6-13)14-7-8-16-3/h9-10,14H,4-8H2,1-3H3. The van der Waals surface area contributed by atoms with Crippen molar-refractivity contribution in [3.63, 3.8) is 0 Å². The van der Waals surface area contributed by atoms with E-state index >= 15 is 0 Å². The largest absolute Gasteiger partial charge is 0.383 e. The molecule has 0 atom stereocenters. The summed E-state index contributed by atoms with van der Waals surface area (Å²) in [5.41, 5.74) is 1.38. The van der Waals surface area contributed by atoms with E-state index in [1.54, 1.807) is 18.4 Å². The Morgan fingerprint density at radius 1 is 1.53 bits per heavy atom. The van der Waals surface area contributed by atoms with Gasteiger partial charge in [-0.3, -0.25) is 0 Å². The van der Waals surface area contributed by atoms with Gasteiger partial charge in [-0.25, -0.2) is 4.98 Å². The minimum Gasteiger partial charge on any atom is -0.383 e. The first-order valence-corrected chi connectivity index (χ1v) is 7.26. The van der Waals surface area contributed by atoms with Gasteiger partial charge in [0.15, 0.2) is 0 Å². The van der Waals surface area contributed by atoms with Crippen LogP contribution in [0.2, 0.25) is 0 Å². The second-order valence-electron chi connectivity index (χ2n) is 5.09.